The van der Waals surface area contributed by atoms with E-state index in [9.17, 15) is 14.4 Å². The van der Waals surface area contributed by atoms with Crippen molar-refractivity contribution < 1.29 is 14.4 Å². The van der Waals surface area contributed by atoms with Crippen LogP contribution in [0.3, 0.4) is 0 Å². The highest BCUT2D eigenvalue weighted by molar-refractivity contribution is 6.39. The van der Waals surface area contributed by atoms with Gasteiger partial charge < -0.3 is 5.32 Å². The molecule has 0 aromatic heterocycles. The molecule has 0 fully saturated rings. The maximum Gasteiger partial charge on any atom is 0.262 e. The summed E-state index contributed by atoms with van der Waals surface area (Å²) in [5.74, 6) is -1.71. The predicted octanol–water partition coefficient (Wildman–Crippen LogP) is 3.88. The van der Waals surface area contributed by atoms with Crippen molar-refractivity contribution in [1.29, 1.82) is 0 Å². The zero-order valence-electron chi connectivity index (χ0n) is 12.0. The molecule has 3 amide bonds. The topological polar surface area (TPSA) is 66.5 Å². The van der Waals surface area contributed by atoms with E-state index in [0.717, 1.165) is 4.90 Å². The first kappa shape index (κ1) is 16.8. The van der Waals surface area contributed by atoms with Crippen LogP contribution in [0.1, 0.15) is 20.7 Å². The summed E-state index contributed by atoms with van der Waals surface area (Å²) in [6.07, 6.45) is 0. The maximum absolute atomic E-state index is 12.3. The molecular formula is C16H9Cl3N2O3. The molecule has 0 unspecified atom stereocenters. The number of anilines is 1. The number of carbonyl (C=O) groups excluding carboxylic acids is 3. The van der Waals surface area contributed by atoms with Gasteiger partial charge in [-0.2, -0.15) is 0 Å². The van der Waals surface area contributed by atoms with Gasteiger partial charge in [0.25, 0.3) is 11.8 Å². The maximum atomic E-state index is 12.3. The first-order valence-electron chi connectivity index (χ1n) is 6.78. The van der Waals surface area contributed by atoms with Crippen LogP contribution in [0.15, 0.2) is 36.4 Å². The lowest BCUT2D eigenvalue weighted by Gasteiger charge is -2.14. The van der Waals surface area contributed by atoms with Crippen LogP contribution in [-0.4, -0.2) is 29.2 Å². The fourth-order valence-corrected chi connectivity index (χ4v) is 3.01. The Morgan fingerprint density at radius 3 is 2.25 bits per heavy atom. The Morgan fingerprint density at radius 2 is 1.58 bits per heavy atom. The number of halogens is 3. The van der Waals surface area contributed by atoms with Crippen molar-refractivity contribution in [2.75, 3.05) is 11.9 Å². The first-order chi connectivity index (χ1) is 11.4. The minimum absolute atomic E-state index is 0.177. The lowest BCUT2D eigenvalue weighted by molar-refractivity contribution is -0.116. The molecule has 1 aliphatic rings. The molecule has 1 heterocycles. The molecule has 0 bridgehead atoms. The number of fused-ring (bicyclic) bond motifs is 1. The molecule has 3 rings (SSSR count). The van der Waals surface area contributed by atoms with Crippen LogP contribution >= 0.6 is 34.8 Å². The molecule has 0 aliphatic carbocycles. The molecule has 8 heteroatoms. The number of para-hydroxylation sites is 1. The average molecular weight is 384 g/mol. The third kappa shape index (κ3) is 2.98. The van der Waals surface area contributed by atoms with Gasteiger partial charge in [0.1, 0.15) is 6.54 Å². The summed E-state index contributed by atoms with van der Waals surface area (Å²) in [6.45, 7) is -0.453. The van der Waals surface area contributed by atoms with Crippen molar-refractivity contribution in [1.82, 2.24) is 4.90 Å². The summed E-state index contributed by atoms with van der Waals surface area (Å²) in [7, 11) is 0. The summed E-state index contributed by atoms with van der Waals surface area (Å²) in [5, 5.41) is 3.36. The molecule has 0 saturated heterocycles. The number of amides is 3. The highest BCUT2D eigenvalue weighted by Gasteiger charge is 2.36. The molecule has 5 nitrogen and oxygen atoms in total. The van der Waals surface area contributed by atoms with Gasteiger partial charge in [-0.3, -0.25) is 19.3 Å². The fraction of sp³-hybridized carbons (Fsp3) is 0.0625. The first-order valence-corrected chi connectivity index (χ1v) is 7.91. The summed E-state index contributed by atoms with van der Waals surface area (Å²) in [5.41, 5.74) is 0.620. The van der Waals surface area contributed by atoms with Gasteiger partial charge in [-0.1, -0.05) is 40.9 Å². The molecule has 0 spiro atoms. The quantitative estimate of drug-likeness (QED) is 0.818. The van der Waals surface area contributed by atoms with Crippen LogP contribution in [0.25, 0.3) is 0 Å². The van der Waals surface area contributed by atoms with Crippen molar-refractivity contribution in [2.24, 2.45) is 0 Å². The van der Waals surface area contributed by atoms with E-state index in [4.69, 9.17) is 34.8 Å². The van der Waals surface area contributed by atoms with Gasteiger partial charge in [0.15, 0.2) is 0 Å². The zero-order valence-corrected chi connectivity index (χ0v) is 14.2. The number of rotatable bonds is 3. The van der Waals surface area contributed by atoms with Crippen molar-refractivity contribution in [2.45, 2.75) is 0 Å². The van der Waals surface area contributed by atoms with E-state index in [2.05, 4.69) is 5.32 Å². The van der Waals surface area contributed by atoms with Crippen LogP contribution in [0.2, 0.25) is 15.1 Å². The fourth-order valence-electron chi connectivity index (χ4n) is 2.35. The lowest BCUT2D eigenvalue weighted by Crippen LogP contribution is -2.37. The van der Waals surface area contributed by atoms with Gasteiger partial charge in [0.05, 0.1) is 26.9 Å². The third-order valence-corrected chi connectivity index (χ3v) is 4.33. The van der Waals surface area contributed by atoms with Crippen LogP contribution in [-0.2, 0) is 4.79 Å². The Kier molecular flexibility index (Phi) is 4.49. The Hall–Kier alpha value is -2.08. The highest BCUT2D eigenvalue weighted by atomic mass is 35.5. The number of hydrogen-bond donors (Lipinski definition) is 1. The van der Waals surface area contributed by atoms with E-state index < -0.39 is 24.3 Å². The SMILES string of the molecule is O=C(CN1C(=O)c2ccc(Cl)cc2C1=O)Nc1c(Cl)cccc1Cl. The van der Waals surface area contributed by atoms with Crippen molar-refractivity contribution >= 4 is 58.2 Å². The summed E-state index contributed by atoms with van der Waals surface area (Å²) >= 11 is 17.8. The third-order valence-electron chi connectivity index (χ3n) is 3.46. The van der Waals surface area contributed by atoms with Gasteiger partial charge in [0.2, 0.25) is 5.91 Å². The summed E-state index contributed by atoms with van der Waals surface area (Å²) in [6, 6.07) is 9.13. The lowest BCUT2D eigenvalue weighted by atomic mass is 10.1. The van der Waals surface area contributed by atoms with E-state index >= 15 is 0 Å². The Morgan fingerprint density at radius 1 is 0.958 bits per heavy atom. The molecule has 24 heavy (non-hydrogen) atoms. The van der Waals surface area contributed by atoms with Crippen LogP contribution < -0.4 is 5.32 Å². The number of nitrogens with one attached hydrogen (secondary N) is 1. The molecule has 0 saturated carbocycles. The minimum atomic E-state index is -0.592. The normalized spacial score (nSPS) is 13.2. The van der Waals surface area contributed by atoms with Crippen molar-refractivity contribution in [3.63, 3.8) is 0 Å². The van der Waals surface area contributed by atoms with E-state index in [1.54, 1.807) is 18.2 Å². The largest absolute Gasteiger partial charge is 0.322 e. The molecule has 0 atom stereocenters. The molecule has 1 aliphatic heterocycles. The van der Waals surface area contributed by atoms with Crippen molar-refractivity contribution in [3.05, 3.63) is 62.6 Å². The summed E-state index contributed by atoms with van der Waals surface area (Å²) < 4.78 is 0. The molecule has 2 aromatic carbocycles. The predicted molar refractivity (Wildman–Crippen MR) is 91.9 cm³/mol. The molecule has 1 N–H and O–H groups in total. The van der Waals surface area contributed by atoms with Crippen LogP contribution in [0.5, 0.6) is 0 Å². The number of benzene rings is 2. The van der Waals surface area contributed by atoms with Gasteiger partial charge in [-0.25, -0.2) is 0 Å². The number of imide groups is 1. The standard InChI is InChI=1S/C16H9Cl3N2O3/c17-8-4-5-9-10(6-8)16(24)21(15(9)23)7-13(22)20-14-11(18)2-1-3-12(14)19/h1-6H,7H2,(H,20,22). The van der Waals surface area contributed by atoms with Gasteiger partial charge in [-0.05, 0) is 30.3 Å². The van der Waals surface area contributed by atoms with Gasteiger partial charge in [0, 0.05) is 5.02 Å². The number of hydrogen-bond acceptors (Lipinski definition) is 3. The van der Waals surface area contributed by atoms with Gasteiger partial charge in [-0.15, -0.1) is 0 Å². The molecule has 2 aromatic rings. The van der Waals surface area contributed by atoms with E-state index in [-0.39, 0.29) is 26.9 Å². The van der Waals surface area contributed by atoms with E-state index in [1.807, 2.05) is 0 Å². The smallest absolute Gasteiger partial charge is 0.262 e. The second kappa shape index (κ2) is 6.43. The molecule has 0 radical (unpaired) electrons. The average Bonchev–Trinajstić information content (AvgIpc) is 2.76. The number of nitrogens with zero attached hydrogens (tertiary/aromatic N) is 1. The highest BCUT2D eigenvalue weighted by Crippen LogP contribution is 2.30. The van der Waals surface area contributed by atoms with Crippen LogP contribution in [0, 0.1) is 0 Å². The Bertz CT molecular complexity index is 863. The van der Waals surface area contributed by atoms with Gasteiger partial charge >= 0.3 is 0 Å². The number of carbonyl (C=O) groups is 3. The van der Waals surface area contributed by atoms with Crippen LogP contribution in [0.4, 0.5) is 5.69 Å². The minimum Gasteiger partial charge on any atom is -0.322 e. The van der Waals surface area contributed by atoms with E-state index in [1.165, 1.54) is 18.2 Å². The van der Waals surface area contributed by atoms with Crippen molar-refractivity contribution in [3.8, 4) is 0 Å². The van der Waals surface area contributed by atoms with E-state index in [0.29, 0.717) is 5.02 Å². The second-order valence-electron chi connectivity index (χ2n) is 5.03. The second-order valence-corrected chi connectivity index (χ2v) is 6.28. The monoisotopic (exact) mass is 382 g/mol. The molecular weight excluding hydrogens is 375 g/mol. The zero-order chi connectivity index (χ0) is 17.4. The Labute approximate surface area is 152 Å². The Balaban J connectivity index is 1.79. The molecule has 122 valence electrons. The summed E-state index contributed by atoms with van der Waals surface area (Å²) in [4.78, 5) is 37.6.